The number of aliphatic hydroxyl groups excluding tert-OH is 1. The van der Waals surface area contributed by atoms with Crippen LogP contribution in [0.25, 0.3) is 0 Å². The van der Waals surface area contributed by atoms with Gasteiger partial charge in [0, 0.05) is 0 Å². The summed E-state index contributed by atoms with van der Waals surface area (Å²) >= 11 is 16.5. The Morgan fingerprint density at radius 3 is 2.18 bits per heavy atom. The van der Waals surface area contributed by atoms with Gasteiger partial charge in [-0.2, -0.15) is 0 Å². The number of rotatable bonds is 0. The first-order valence-electron chi connectivity index (χ1n) is 3.30. The molecule has 1 saturated carbocycles. The van der Waals surface area contributed by atoms with E-state index in [1.54, 1.807) is 0 Å². The minimum atomic E-state index is -2.16. The molecule has 0 radical (unpaired) electrons. The van der Waals surface area contributed by atoms with E-state index in [1.165, 1.54) is 0 Å². The molecule has 0 aliphatic heterocycles. The quantitative estimate of drug-likeness (QED) is 0.624. The second-order valence-electron chi connectivity index (χ2n) is 2.78. The van der Waals surface area contributed by atoms with Gasteiger partial charge in [0.1, 0.15) is 10.4 Å². The predicted octanol–water partition coefficient (Wildman–Crippen LogP) is 2.61. The van der Waals surface area contributed by atoms with Crippen molar-refractivity contribution in [1.82, 2.24) is 0 Å². The molecule has 1 nitrogen and oxygen atoms in total. The number of aliphatic hydroxyl groups is 1. The van der Waals surface area contributed by atoms with Crippen molar-refractivity contribution in [1.29, 1.82) is 0 Å². The van der Waals surface area contributed by atoms with Crippen LogP contribution in [0.3, 0.4) is 0 Å². The van der Waals surface area contributed by atoms with Crippen LogP contribution in [0.1, 0.15) is 19.3 Å². The van der Waals surface area contributed by atoms with Crippen LogP contribution in [0.4, 0.5) is 4.39 Å². The monoisotopic (exact) mass is 220 g/mol. The summed E-state index contributed by atoms with van der Waals surface area (Å²) in [5, 5.41) is 7.03. The molecule has 0 aromatic carbocycles. The molecule has 11 heavy (non-hydrogen) atoms. The zero-order valence-electron chi connectivity index (χ0n) is 5.66. The first kappa shape index (κ1) is 9.85. The average Bonchev–Trinajstić information content (AvgIpc) is 1.82. The molecule has 66 valence electrons. The van der Waals surface area contributed by atoms with E-state index in [0.717, 1.165) is 0 Å². The first-order valence-corrected chi connectivity index (χ1v) is 4.43. The highest BCUT2D eigenvalue weighted by atomic mass is 35.5. The molecule has 1 N–H and O–H groups in total. The van der Waals surface area contributed by atoms with Gasteiger partial charge in [-0.3, -0.25) is 0 Å². The Morgan fingerprint density at radius 2 is 1.82 bits per heavy atom. The molecule has 1 rings (SSSR count). The standard InChI is InChI=1S/C6H8Cl3FO/c7-5(8)2-1-3-6(9,10)4(5)11/h4,11H,1-3H2/t4-,6-/m1/s1. The molecule has 0 aromatic rings. The lowest BCUT2D eigenvalue weighted by Gasteiger charge is -2.37. The van der Waals surface area contributed by atoms with E-state index in [4.69, 9.17) is 34.8 Å². The van der Waals surface area contributed by atoms with Gasteiger partial charge in [-0.05, 0) is 19.3 Å². The van der Waals surface area contributed by atoms with E-state index in [1.807, 2.05) is 0 Å². The topological polar surface area (TPSA) is 20.2 Å². The summed E-state index contributed by atoms with van der Waals surface area (Å²) in [6.45, 7) is 0. The van der Waals surface area contributed by atoms with Crippen molar-refractivity contribution in [3.63, 3.8) is 0 Å². The van der Waals surface area contributed by atoms with Crippen molar-refractivity contribution < 1.29 is 9.50 Å². The molecular formula is C6H8Cl3FO. The summed E-state index contributed by atoms with van der Waals surface area (Å²) in [6, 6.07) is 0. The van der Waals surface area contributed by atoms with Crippen molar-refractivity contribution in [2.24, 2.45) is 0 Å². The maximum atomic E-state index is 13.1. The third kappa shape index (κ3) is 1.92. The molecular weight excluding hydrogens is 213 g/mol. The van der Waals surface area contributed by atoms with E-state index >= 15 is 0 Å². The largest absolute Gasteiger partial charge is 0.385 e. The summed E-state index contributed by atoms with van der Waals surface area (Å²) in [4.78, 5) is 0. The fraction of sp³-hybridized carbons (Fsp3) is 1.00. The molecule has 1 aliphatic rings. The molecule has 0 spiro atoms. The van der Waals surface area contributed by atoms with Gasteiger partial charge in [-0.1, -0.05) is 34.8 Å². The molecule has 2 atom stereocenters. The maximum Gasteiger partial charge on any atom is 0.212 e. The maximum absolute atomic E-state index is 13.1. The van der Waals surface area contributed by atoms with Gasteiger partial charge in [0.15, 0.2) is 0 Å². The number of hydrogen-bond acceptors (Lipinski definition) is 1. The van der Waals surface area contributed by atoms with E-state index in [2.05, 4.69) is 0 Å². The molecule has 0 amide bonds. The van der Waals surface area contributed by atoms with Gasteiger partial charge in [0.05, 0.1) is 0 Å². The van der Waals surface area contributed by atoms with Gasteiger partial charge in [-0.25, -0.2) is 4.39 Å². The lowest BCUT2D eigenvalue weighted by atomic mass is 9.94. The fourth-order valence-corrected chi connectivity index (χ4v) is 2.19. The lowest BCUT2D eigenvalue weighted by Crippen LogP contribution is -2.48. The number of alkyl halides is 4. The summed E-state index contributed by atoms with van der Waals surface area (Å²) in [7, 11) is 0. The summed E-state index contributed by atoms with van der Waals surface area (Å²) in [5.74, 6) is 0. The van der Waals surface area contributed by atoms with E-state index in [9.17, 15) is 9.50 Å². The van der Waals surface area contributed by atoms with Crippen molar-refractivity contribution in [3.05, 3.63) is 0 Å². The second kappa shape index (κ2) is 2.91. The van der Waals surface area contributed by atoms with Gasteiger partial charge in [0.2, 0.25) is 5.13 Å². The minimum Gasteiger partial charge on any atom is -0.385 e. The Kier molecular flexibility index (Phi) is 2.61. The van der Waals surface area contributed by atoms with E-state index < -0.39 is 15.6 Å². The van der Waals surface area contributed by atoms with Crippen molar-refractivity contribution in [2.45, 2.75) is 34.8 Å². The molecule has 0 aromatic heterocycles. The van der Waals surface area contributed by atoms with Gasteiger partial charge >= 0.3 is 0 Å². The van der Waals surface area contributed by atoms with Crippen molar-refractivity contribution in [3.8, 4) is 0 Å². The smallest absolute Gasteiger partial charge is 0.212 e. The number of halogens is 4. The van der Waals surface area contributed by atoms with Gasteiger partial charge in [-0.15, -0.1) is 0 Å². The van der Waals surface area contributed by atoms with Crippen molar-refractivity contribution in [2.75, 3.05) is 0 Å². The lowest BCUT2D eigenvalue weighted by molar-refractivity contribution is 0.00913. The molecule has 1 aliphatic carbocycles. The zero-order chi connectivity index (χ0) is 8.70. The second-order valence-corrected chi connectivity index (χ2v) is 4.95. The molecule has 5 heteroatoms. The predicted molar refractivity (Wildman–Crippen MR) is 44.0 cm³/mol. The van der Waals surface area contributed by atoms with Crippen molar-refractivity contribution >= 4 is 34.8 Å². The highest BCUT2D eigenvalue weighted by molar-refractivity contribution is 6.49. The van der Waals surface area contributed by atoms with Crippen LogP contribution in [0.15, 0.2) is 0 Å². The molecule has 1 fully saturated rings. The third-order valence-electron chi connectivity index (χ3n) is 1.82. The average molecular weight is 221 g/mol. The van der Waals surface area contributed by atoms with Crippen LogP contribution in [0.5, 0.6) is 0 Å². The highest BCUT2D eigenvalue weighted by Crippen LogP contribution is 2.46. The molecule has 0 heterocycles. The molecule has 0 unspecified atom stereocenters. The van der Waals surface area contributed by atoms with E-state index in [-0.39, 0.29) is 6.42 Å². The Morgan fingerprint density at radius 1 is 1.27 bits per heavy atom. The van der Waals surface area contributed by atoms with Crippen LogP contribution in [-0.4, -0.2) is 20.7 Å². The van der Waals surface area contributed by atoms with Crippen LogP contribution < -0.4 is 0 Å². The highest BCUT2D eigenvalue weighted by Gasteiger charge is 2.51. The zero-order valence-corrected chi connectivity index (χ0v) is 7.93. The van der Waals surface area contributed by atoms with E-state index in [0.29, 0.717) is 12.8 Å². The minimum absolute atomic E-state index is 0.0942. The van der Waals surface area contributed by atoms with Gasteiger partial charge in [0.25, 0.3) is 0 Å². The normalized spacial score (nSPS) is 43.9. The Labute approximate surface area is 79.4 Å². The summed E-state index contributed by atoms with van der Waals surface area (Å²) < 4.78 is 11.7. The molecule has 0 bridgehead atoms. The Balaban J connectivity index is 2.76. The van der Waals surface area contributed by atoms with Crippen LogP contribution >= 0.6 is 34.8 Å². The molecule has 0 saturated heterocycles. The SMILES string of the molecule is O[C@@H]1C(Cl)(Cl)CCC[C@]1(F)Cl. The van der Waals surface area contributed by atoms with Crippen LogP contribution in [-0.2, 0) is 0 Å². The Bertz CT molecular complexity index is 144. The Hall–Kier alpha value is 0.760. The van der Waals surface area contributed by atoms with Crippen LogP contribution in [0, 0.1) is 0 Å². The fourth-order valence-electron chi connectivity index (χ4n) is 1.14. The van der Waals surface area contributed by atoms with Crippen LogP contribution in [0.2, 0.25) is 0 Å². The third-order valence-corrected chi connectivity index (χ3v) is 3.01. The first-order chi connectivity index (χ1) is 4.86. The summed E-state index contributed by atoms with van der Waals surface area (Å²) in [5.41, 5.74) is 0. The summed E-state index contributed by atoms with van der Waals surface area (Å²) in [6.07, 6.45) is -0.551. The number of hydrogen-bond donors (Lipinski definition) is 1. The van der Waals surface area contributed by atoms with Gasteiger partial charge < -0.3 is 5.11 Å².